The minimum Gasteiger partial charge on any atom is -0.390 e. The summed E-state index contributed by atoms with van der Waals surface area (Å²) in [6, 6.07) is 8.73. The highest BCUT2D eigenvalue weighted by Gasteiger charge is 2.33. The molecule has 1 aromatic heterocycles. The fourth-order valence-electron chi connectivity index (χ4n) is 4.02. The first kappa shape index (κ1) is 24.3. The van der Waals surface area contributed by atoms with E-state index >= 15 is 0 Å². The second-order valence-corrected chi connectivity index (χ2v) is 10.6. The number of aliphatic imine (C=N–C) groups is 2. The summed E-state index contributed by atoms with van der Waals surface area (Å²) < 4.78 is 0. The molecule has 0 radical (unpaired) electrons. The van der Waals surface area contributed by atoms with E-state index in [1.54, 1.807) is 11.3 Å². The van der Waals surface area contributed by atoms with E-state index < -0.39 is 0 Å². The maximum atomic E-state index is 5.78. The number of nitrogens with two attached hydrogens (primary N) is 1. The van der Waals surface area contributed by atoms with Crippen LogP contribution in [0.3, 0.4) is 0 Å². The highest BCUT2D eigenvalue weighted by molar-refractivity contribution is 7.12. The average Bonchev–Trinajstić information content (AvgIpc) is 3.17. The van der Waals surface area contributed by atoms with Crippen LogP contribution in [-0.2, 0) is 5.41 Å². The van der Waals surface area contributed by atoms with Gasteiger partial charge in [-0.1, -0.05) is 80.5 Å². The predicted molar refractivity (Wildman–Crippen MR) is 135 cm³/mol. The molecule has 0 saturated carbocycles. The molecule has 0 aliphatic carbocycles. The van der Waals surface area contributed by atoms with Gasteiger partial charge in [-0.25, -0.2) is 9.98 Å². The Hall–Kier alpha value is -1.94. The Labute approximate surface area is 187 Å². The van der Waals surface area contributed by atoms with Gasteiger partial charge >= 0.3 is 0 Å². The standard InChI is InChI=1S/C26H39N3S/c1-16(2)19(7)26(8,9)22-13-14-30-24(22)25(28-15-27)29-23-20(17(3)4)11-10-12-21(23)18(5)6/h10-19H,1-9H3,(H2,27,28,29). The topological polar surface area (TPSA) is 50.7 Å². The third-order valence-corrected chi connectivity index (χ3v) is 7.37. The number of nitrogens with zero attached hydrogens (tertiary/aromatic N) is 2. The van der Waals surface area contributed by atoms with Gasteiger partial charge in [-0.2, -0.15) is 0 Å². The summed E-state index contributed by atoms with van der Waals surface area (Å²) >= 11 is 1.70. The van der Waals surface area contributed by atoms with Crippen molar-refractivity contribution in [1.29, 1.82) is 0 Å². The summed E-state index contributed by atoms with van der Waals surface area (Å²) in [5.41, 5.74) is 10.6. The first-order valence-electron chi connectivity index (χ1n) is 11.1. The van der Waals surface area contributed by atoms with Crippen molar-refractivity contribution in [3.8, 4) is 0 Å². The molecule has 2 rings (SSSR count). The van der Waals surface area contributed by atoms with Crippen molar-refractivity contribution >= 4 is 29.2 Å². The van der Waals surface area contributed by atoms with Crippen molar-refractivity contribution in [3.63, 3.8) is 0 Å². The first-order chi connectivity index (χ1) is 14.0. The molecule has 0 aliphatic rings. The molecule has 0 spiro atoms. The van der Waals surface area contributed by atoms with Gasteiger partial charge in [-0.3, -0.25) is 0 Å². The molecule has 4 heteroatoms. The third-order valence-electron chi connectivity index (χ3n) is 6.46. The SMILES string of the molecule is CC(C)c1cccc(C(C)C)c1N=C(N=CN)c1sccc1C(C)(C)C(C)C(C)C. The molecule has 1 aromatic carbocycles. The van der Waals surface area contributed by atoms with Gasteiger partial charge in [0.15, 0.2) is 5.84 Å². The van der Waals surface area contributed by atoms with Gasteiger partial charge in [0.05, 0.1) is 16.9 Å². The van der Waals surface area contributed by atoms with Gasteiger partial charge in [-0.05, 0) is 57.2 Å². The molecule has 0 aliphatic heterocycles. The van der Waals surface area contributed by atoms with Gasteiger partial charge in [0, 0.05) is 0 Å². The average molecular weight is 426 g/mol. The van der Waals surface area contributed by atoms with E-state index in [4.69, 9.17) is 10.7 Å². The van der Waals surface area contributed by atoms with Crippen LogP contribution in [0.25, 0.3) is 0 Å². The molecule has 0 bridgehead atoms. The quantitative estimate of drug-likeness (QED) is 0.360. The number of thiophene rings is 1. The number of amidine groups is 1. The summed E-state index contributed by atoms with van der Waals surface area (Å²) in [5, 5.41) is 2.15. The summed E-state index contributed by atoms with van der Waals surface area (Å²) in [5.74, 6) is 2.57. The van der Waals surface area contributed by atoms with Crippen molar-refractivity contribution in [2.75, 3.05) is 0 Å². The number of rotatable bonds is 7. The molecule has 2 aromatic rings. The van der Waals surface area contributed by atoms with Crippen LogP contribution in [0.4, 0.5) is 5.69 Å². The zero-order valence-corrected chi connectivity index (χ0v) is 21.0. The molecule has 2 N–H and O–H groups in total. The monoisotopic (exact) mass is 425 g/mol. The maximum Gasteiger partial charge on any atom is 0.171 e. The molecule has 1 atom stereocenters. The van der Waals surface area contributed by atoms with E-state index in [2.05, 4.69) is 97.0 Å². The van der Waals surface area contributed by atoms with Gasteiger partial charge < -0.3 is 5.73 Å². The second-order valence-electron chi connectivity index (χ2n) is 9.73. The Morgan fingerprint density at radius 3 is 2.00 bits per heavy atom. The highest BCUT2D eigenvalue weighted by Crippen LogP contribution is 2.41. The van der Waals surface area contributed by atoms with Crippen LogP contribution in [0.15, 0.2) is 39.6 Å². The lowest BCUT2D eigenvalue weighted by atomic mass is 9.70. The number of hydrogen-bond acceptors (Lipinski definition) is 2. The molecule has 0 saturated heterocycles. The third kappa shape index (κ3) is 5.03. The molecule has 0 amide bonds. The zero-order chi connectivity index (χ0) is 22.6. The largest absolute Gasteiger partial charge is 0.390 e. The van der Waals surface area contributed by atoms with Crippen LogP contribution in [0.2, 0.25) is 0 Å². The Bertz CT molecular complexity index is 875. The van der Waals surface area contributed by atoms with Crippen molar-refractivity contribution in [1.82, 2.24) is 0 Å². The van der Waals surface area contributed by atoms with Crippen molar-refractivity contribution < 1.29 is 0 Å². The number of hydrogen-bond donors (Lipinski definition) is 1. The van der Waals surface area contributed by atoms with Gasteiger partial charge in [-0.15, -0.1) is 11.3 Å². The molecule has 164 valence electrons. The normalized spacial score (nSPS) is 14.5. The summed E-state index contributed by atoms with van der Waals surface area (Å²) in [6.07, 6.45) is 1.37. The minimum atomic E-state index is 0.00678. The Balaban J connectivity index is 2.74. The molecular formula is C26H39N3S. The summed E-state index contributed by atoms with van der Waals surface area (Å²) in [4.78, 5) is 10.8. The van der Waals surface area contributed by atoms with E-state index in [0.29, 0.717) is 29.5 Å². The number of benzene rings is 1. The molecule has 3 nitrogen and oxygen atoms in total. The fourth-order valence-corrected chi connectivity index (χ4v) is 5.03. The van der Waals surface area contributed by atoms with E-state index in [9.17, 15) is 0 Å². The summed E-state index contributed by atoms with van der Waals surface area (Å²) in [7, 11) is 0. The van der Waals surface area contributed by atoms with Gasteiger partial charge in [0.2, 0.25) is 0 Å². The number of para-hydroxylation sites is 1. The molecule has 30 heavy (non-hydrogen) atoms. The van der Waals surface area contributed by atoms with Crippen LogP contribution < -0.4 is 5.73 Å². The molecule has 1 unspecified atom stereocenters. The highest BCUT2D eigenvalue weighted by atomic mass is 32.1. The second kappa shape index (κ2) is 9.91. The van der Waals surface area contributed by atoms with Crippen LogP contribution in [0.5, 0.6) is 0 Å². The molecule has 0 fully saturated rings. The van der Waals surface area contributed by atoms with Crippen molar-refractivity contribution in [2.45, 2.75) is 79.6 Å². The zero-order valence-electron chi connectivity index (χ0n) is 20.2. The Morgan fingerprint density at radius 1 is 0.967 bits per heavy atom. The van der Waals surface area contributed by atoms with Gasteiger partial charge in [0.25, 0.3) is 0 Å². The van der Waals surface area contributed by atoms with Crippen LogP contribution in [0, 0.1) is 11.8 Å². The van der Waals surface area contributed by atoms with Crippen LogP contribution in [-0.4, -0.2) is 12.2 Å². The van der Waals surface area contributed by atoms with Crippen LogP contribution in [0.1, 0.15) is 95.7 Å². The smallest absolute Gasteiger partial charge is 0.171 e. The summed E-state index contributed by atoms with van der Waals surface area (Å²) in [6.45, 7) is 20.4. The Morgan fingerprint density at radius 2 is 1.53 bits per heavy atom. The first-order valence-corrected chi connectivity index (χ1v) is 11.9. The molecule has 1 heterocycles. The fraction of sp³-hybridized carbons (Fsp3) is 0.538. The Kier molecular flexibility index (Phi) is 8.04. The van der Waals surface area contributed by atoms with Crippen LogP contribution >= 0.6 is 11.3 Å². The van der Waals surface area contributed by atoms with E-state index in [-0.39, 0.29) is 5.41 Å². The minimum absolute atomic E-state index is 0.00678. The lowest BCUT2D eigenvalue weighted by Crippen LogP contribution is -2.31. The predicted octanol–water partition coefficient (Wildman–Crippen LogP) is 7.63. The maximum absolute atomic E-state index is 5.78. The molecular weight excluding hydrogens is 386 g/mol. The lowest BCUT2D eigenvalue weighted by molar-refractivity contribution is 0.264. The van der Waals surface area contributed by atoms with E-state index in [0.717, 1.165) is 10.6 Å². The van der Waals surface area contributed by atoms with Crippen molar-refractivity contribution in [3.05, 3.63) is 51.2 Å². The van der Waals surface area contributed by atoms with E-state index in [1.807, 2.05) is 0 Å². The van der Waals surface area contributed by atoms with Gasteiger partial charge in [0.1, 0.15) is 0 Å². The lowest BCUT2D eigenvalue weighted by Gasteiger charge is -2.35. The van der Waals surface area contributed by atoms with E-state index in [1.165, 1.54) is 23.0 Å². The van der Waals surface area contributed by atoms with Crippen molar-refractivity contribution in [2.24, 2.45) is 27.6 Å².